The van der Waals surface area contributed by atoms with Crippen LogP contribution in [0.3, 0.4) is 0 Å². The minimum absolute atomic E-state index is 0.169. The van der Waals surface area contributed by atoms with Crippen molar-refractivity contribution in [3.05, 3.63) is 29.8 Å². The Labute approximate surface area is 168 Å². The average molecular weight is 384 g/mol. The summed E-state index contributed by atoms with van der Waals surface area (Å²) in [7, 11) is 0. The highest BCUT2D eigenvalue weighted by Crippen LogP contribution is 2.29. The second kappa shape index (κ2) is 8.54. The zero-order chi connectivity index (χ0) is 19.5. The molecule has 4 rings (SSSR count). The molecule has 5 nitrogen and oxygen atoms in total. The van der Waals surface area contributed by atoms with E-state index >= 15 is 0 Å². The van der Waals surface area contributed by atoms with E-state index < -0.39 is 0 Å². The maximum Gasteiger partial charge on any atom is 0.255 e. The molecule has 2 saturated heterocycles. The highest BCUT2D eigenvalue weighted by atomic mass is 16.2. The fraction of sp³-hybridized carbons (Fsp3) is 0.652. The average Bonchev–Trinajstić information content (AvgIpc) is 2.67. The van der Waals surface area contributed by atoms with Gasteiger partial charge >= 0.3 is 0 Å². The van der Waals surface area contributed by atoms with Crippen molar-refractivity contribution in [1.29, 1.82) is 0 Å². The summed E-state index contributed by atoms with van der Waals surface area (Å²) in [5.41, 5.74) is 1.88. The van der Waals surface area contributed by atoms with Crippen LogP contribution in [-0.4, -0.2) is 48.9 Å². The standard InChI is InChI=1S/C23H33N3O2/c1-17-9-13-26(14-10-17)23(28)20-7-2-3-8-21(20)25-15-11-19(12-16-25)24-22(27)18-5-4-6-18/h2-3,7-8,17-19H,4-6,9-16H2,1H3,(H,24,27). The summed E-state index contributed by atoms with van der Waals surface area (Å²) in [5, 5.41) is 3.25. The van der Waals surface area contributed by atoms with Crippen molar-refractivity contribution < 1.29 is 9.59 Å². The van der Waals surface area contributed by atoms with Crippen molar-refractivity contribution in [1.82, 2.24) is 10.2 Å². The van der Waals surface area contributed by atoms with Crippen LogP contribution in [0.5, 0.6) is 0 Å². The summed E-state index contributed by atoms with van der Waals surface area (Å²) in [6.07, 6.45) is 7.38. The van der Waals surface area contributed by atoms with Crippen molar-refractivity contribution in [3.63, 3.8) is 0 Å². The Balaban J connectivity index is 1.37. The zero-order valence-corrected chi connectivity index (χ0v) is 17.0. The lowest BCUT2D eigenvalue weighted by Gasteiger charge is -2.37. The molecule has 0 radical (unpaired) electrons. The zero-order valence-electron chi connectivity index (χ0n) is 17.0. The van der Waals surface area contributed by atoms with Gasteiger partial charge in [0.05, 0.1) is 5.56 Å². The molecule has 1 N–H and O–H groups in total. The lowest BCUT2D eigenvalue weighted by Crippen LogP contribution is -2.47. The van der Waals surface area contributed by atoms with E-state index in [1.165, 1.54) is 6.42 Å². The number of hydrogen-bond acceptors (Lipinski definition) is 3. The van der Waals surface area contributed by atoms with Gasteiger partial charge in [-0.05, 0) is 56.6 Å². The van der Waals surface area contributed by atoms with Crippen molar-refractivity contribution in [2.24, 2.45) is 11.8 Å². The van der Waals surface area contributed by atoms with E-state index in [-0.39, 0.29) is 23.8 Å². The smallest absolute Gasteiger partial charge is 0.255 e. The Morgan fingerprint density at radius 3 is 2.25 bits per heavy atom. The van der Waals surface area contributed by atoms with Crippen molar-refractivity contribution in [2.75, 3.05) is 31.1 Å². The predicted molar refractivity (Wildman–Crippen MR) is 111 cm³/mol. The van der Waals surface area contributed by atoms with Crippen LogP contribution < -0.4 is 10.2 Å². The number of hydrogen-bond donors (Lipinski definition) is 1. The Morgan fingerprint density at radius 1 is 0.929 bits per heavy atom. The van der Waals surface area contributed by atoms with Gasteiger partial charge in [-0.2, -0.15) is 0 Å². The molecule has 152 valence electrons. The van der Waals surface area contributed by atoms with Crippen LogP contribution in [0, 0.1) is 11.8 Å². The Morgan fingerprint density at radius 2 is 1.61 bits per heavy atom. The lowest BCUT2D eigenvalue weighted by atomic mass is 9.84. The quantitative estimate of drug-likeness (QED) is 0.866. The molecule has 0 atom stereocenters. The first-order valence-corrected chi connectivity index (χ1v) is 11.1. The van der Waals surface area contributed by atoms with E-state index in [0.717, 1.165) is 76.0 Å². The van der Waals surface area contributed by atoms with Gasteiger partial charge in [0.1, 0.15) is 0 Å². The Hall–Kier alpha value is -2.04. The number of nitrogens with zero attached hydrogens (tertiary/aromatic N) is 2. The number of piperidine rings is 2. The van der Waals surface area contributed by atoms with E-state index in [1.54, 1.807) is 0 Å². The molecule has 0 unspecified atom stereocenters. The second-order valence-electron chi connectivity index (χ2n) is 8.89. The largest absolute Gasteiger partial charge is 0.371 e. The number of carbonyl (C=O) groups excluding carboxylic acids is 2. The van der Waals surface area contributed by atoms with Crippen molar-refractivity contribution in [3.8, 4) is 0 Å². The van der Waals surface area contributed by atoms with Crippen LogP contribution >= 0.6 is 0 Å². The first kappa shape index (κ1) is 19.3. The molecular weight excluding hydrogens is 350 g/mol. The van der Waals surface area contributed by atoms with Crippen molar-refractivity contribution >= 4 is 17.5 Å². The molecule has 28 heavy (non-hydrogen) atoms. The molecule has 0 spiro atoms. The number of amides is 2. The van der Waals surface area contributed by atoms with E-state index in [9.17, 15) is 9.59 Å². The molecule has 5 heteroatoms. The van der Waals surface area contributed by atoms with Crippen LogP contribution in [0.25, 0.3) is 0 Å². The minimum atomic E-state index is 0.169. The SMILES string of the molecule is CC1CCN(C(=O)c2ccccc2N2CCC(NC(=O)C3CCC3)CC2)CC1. The van der Waals surface area contributed by atoms with Gasteiger partial charge in [-0.15, -0.1) is 0 Å². The highest BCUT2D eigenvalue weighted by molar-refractivity contribution is 6.00. The summed E-state index contributed by atoms with van der Waals surface area (Å²) < 4.78 is 0. The number of carbonyl (C=O) groups is 2. The molecule has 2 aliphatic heterocycles. The fourth-order valence-corrected chi connectivity index (χ4v) is 4.57. The number of anilines is 1. The molecule has 0 aromatic heterocycles. The molecule has 2 heterocycles. The third-order valence-corrected chi connectivity index (χ3v) is 6.86. The van der Waals surface area contributed by atoms with Gasteiger partial charge < -0.3 is 15.1 Å². The van der Waals surface area contributed by atoms with Gasteiger partial charge in [0.2, 0.25) is 5.91 Å². The highest BCUT2D eigenvalue weighted by Gasteiger charge is 2.30. The van der Waals surface area contributed by atoms with Gasteiger partial charge in [-0.3, -0.25) is 9.59 Å². The van der Waals surface area contributed by atoms with Gasteiger partial charge in [0.15, 0.2) is 0 Å². The van der Waals surface area contributed by atoms with E-state index in [0.29, 0.717) is 5.92 Å². The van der Waals surface area contributed by atoms with E-state index in [2.05, 4.69) is 23.2 Å². The molecule has 0 bridgehead atoms. The molecule has 3 fully saturated rings. The van der Waals surface area contributed by atoms with Gasteiger partial charge in [-0.25, -0.2) is 0 Å². The minimum Gasteiger partial charge on any atom is -0.371 e. The number of benzene rings is 1. The molecule has 2 amide bonds. The topological polar surface area (TPSA) is 52.7 Å². The van der Waals surface area contributed by atoms with E-state index in [4.69, 9.17) is 0 Å². The Bertz CT molecular complexity index is 700. The number of rotatable bonds is 4. The monoisotopic (exact) mass is 383 g/mol. The maximum absolute atomic E-state index is 13.1. The van der Waals surface area contributed by atoms with Gasteiger partial charge in [-0.1, -0.05) is 25.5 Å². The molecule has 3 aliphatic rings. The predicted octanol–water partition coefficient (Wildman–Crippen LogP) is 3.44. The molecular formula is C23H33N3O2. The van der Waals surface area contributed by atoms with Crippen molar-refractivity contribution in [2.45, 2.75) is 57.9 Å². The number of para-hydroxylation sites is 1. The third kappa shape index (κ3) is 4.18. The first-order chi connectivity index (χ1) is 13.6. The maximum atomic E-state index is 13.1. The summed E-state index contributed by atoms with van der Waals surface area (Å²) in [5.74, 6) is 1.39. The van der Waals surface area contributed by atoms with Crippen LogP contribution in [0.1, 0.15) is 62.2 Å². The van der Waals surface area contributed by atoms with E-state index in [1.807, 2.05) is 23.1 Å². The normalized spacial score (nSPS) is 22.0. The summed E-state index contributed by atoms with van der Waals surface area (Å²) in [6, 6.07) is 8.31. The second-order valence-corrected chi connectivity index (χ2v) is 8.89. The summed E-state index contributed by atoms with van der Waals surface area (Å²) in [4.78, 5) is 29.7. The number of likely N-dealkylation sites (tertiary alicyclic amines) is 1. The fourth-order valence-electron chi connectivity index (χ4n) is 4.57. The lowest BCUT2D eigenvalue weighted by molar-refractivity contribution is -0.128. The number of nitrogens with one attached hydrogen (secondary N) is 1. The molecule has 1 aromatic rings. The van der Waals surface area contributed by atoms with Gasteiger partial charge in [0, 0.05) is 43.8 Å². The molecule has 1 saturated carbocycles. The molecule has 1 aliphatic carbocycles. The van der Waals surface area contributed by atoms with Crippen LogP contribution in [0.4, 0.5) is 5.69 Å². The molecule has 1 aromatic carbocycles. The van der Waals surface area contributed by atoms with Crippen LogP contribution in [0.15, 0.2) is 24.3 Å². The third-order valence-electron chi connectivity index (χ3n) is 6.86. The first-order valence-electron chi connectivity index (χ1n) is 11.1. The summed E-state index contributed by atoms with van der Waals surface area (Å²) >= 11 is 0. The van der Waals surface area contributed by atoms with Crippen LogP contribution in [0.2, 0.25) is 0 Å². The Kier molecular flexibility index (Phi) is 5.88. The van der Waals surface area contributed by atoms with Crippen LogP contribution in [-0.2, 0) is 4.79 Å². The summed E-state index contributed by atoms with van der Waals surface area (Å²) in [6.45, 7) is 5.77. The van der Waals surface area contributed by atoms with Gasteiger partial charge in [0.25, 0.3) is 5.91 Å².